The first-order valence-corrected chi connectivity index (χ1v) is 9.41. The molecule has 0 heterocycles. The van der Waals surface area contributed by atoms with Crippen molar-refractivity contribution in [1.29, 1.82) is 0 Å². The van der Waals surface area contributed by atoms with E-state index in [0.717, 1.165) is 0 Å². The van der Waals surface area contributed by atoms with Gasteiger partial charge in [-0.3, -0.25) is 0 Å². The zero-order valence-electron chi connectivity index (χ0n) is 15.3. The van der Waals surface area contributed by atoms with E-state index in [1.54, 1.807) is 0 Å². The molecule has 0 aromatic heterocycles. The molecule has 2 aliphatic rings. The Kier molecular flexibility index (Phi) is 3.04. The average Bonchev–Trinajstić information content (AvgIpc) is 2.73. The molecule has 0 spiro atoms. The van der Waals surface area contributed by atoms with Gasteiger partial charge < -0.3 is 0 Å². The van der Waals surface area contributed by atoms with Crippen LogP contribution >= 0.6 is 0 Å². The fourth-order valence-corrected chi connectivity index (χ4v) is 5.00. The molecule has 0 heteroatoms. The van der Waals surface area contributed by atoms with Gasteiger partial charge in [0.2, 0.25) is 0 Å². The summed E-state index contributed by atoms with van der Waals surface area (Å²) in [5.41, 5.74) is 11.8. The van der Waals surface area contributed by atoms with Gasteiger partial charge in [0.05, 0.1) is 0 Å². The normalized spacial score (nSPS) is 19.4. The van der Waals surface area contributed by atoms with Crippen molar-refractivity contribution >= 4 is 0 Å². The number of fused-ring (bicyclic) bond motifs is 6. The Bertz CT molecular complexity index is 991. The minimum atomic E-state index is 0.0933. The maximum Gasteiger partial charge on any atom is 0.0158 e. The SMILES string of the molecule is CC1Cc2ccccc2-c2cc3c(cc2C1)C(C)(C)c1ccccc1-3. The fourth-order valence-electron chi connectivity index (χ4n) is 5.00. The minimum Gasteiger partial charge on any atom is -0.0620 e. The van der Waals surface area contributed by atoms with Crippen molar-refractivity contribution in [3.05, 3.63) is 82.9 Å². The highest BCUT2D eigenvalue weighted by Crippen LogP contribution is 2.51. The highest BCUT2D eigenvalue weighted by Gasteiger charge is 2.36. The lowest BCUT2D eigenvalue weighted by atomic mass is 9.80. The maximum atomic E-state index is 2.52. The summed E-state index contributed by atoms with van der Waals surface area (Å²) < 4.78 is 0. The van der Waals surface area contributed by atoms with E-state index in [1.165, 1.54) is 57.3 Å². The molecule has 0 N–H and O–H groups in total. The molecule has 1 atom stereocenters. The van der Waals surface area contributed by atoms with Crippen molar-refractivity contribution < 1.29 is 0 Å². The van der Waals surface area contributed by atoms with E-state index >= 15 is 0 Å². The second kappa shape index (κ2) is 5.08. The van der Waals surface area contributed by atoms with Gasteiger partial charge in [-0.1, -0.05) is 75.4 Å². The van der Waals surface area contributed by atoms with Crippen molar-refractivity contribution in [3.63, 3.8) is 0 Å². The Balaban J connectivity index is 1.83. The van der Waals surface area contributed by atoms with Crippen LogP contribution in [0.4, 0.5) is 0 Å². The molecule has 0 nitrogen and oxygen atoms in total. The Morgan fingerprint density at radius 1 is 0.680 bits per heavy atom. The monoisotopic (exact) mass is 324 g/mol. The summed E-state index contributed by atoms with van der Waals surface area (Å²) in [4.78, 5) is 0. The largest absolute Gasteiger partial charge is 0.0620 e. The number of benzene rings is 3. The third-order valence-corrected chi connectivity index (χ3v) is 6.25. The molecule has 3 aromatic carbocycles. The molecule has 3 aromatic rings. The lowest BCUT2D eigenvalue weighted by Crippen LogP contribution is -2.15. The third kappa shape index (κ3) is 2.07. The molecule has 124 valence electrons. The van der Waals surface area contributed by atoms with Crippen LogP contribution in [0.1, 0.15) is 43.0 Å². The Morgan fingerprint density at radius 3 is 2.20 bits per heavy atom. The Hall–Kier alpha value is -2.34. The summed E-state index contributed by atoms with van der Waals surface area (Å²) in [5, 5.41) is 0. The van der Waals surface area contributed by atoms with Crippen molar-refractivity contribution in [1.82, 2.24) is 0 Å². The second-order valence-electron chi connectivity index (χ2n) is 8.40. The lowest BCUT2D eigenvalue weighted by molar-refractivity contribution is 0.582. The van der Waals surface area contributed by atoms with E-state index < -0.39 is 0 Å². The highest BCUT2D eigenvalue weighted by molar-refractivity contribution is 5.86. The first kappa shape index (κ1) is 15.0. The van der Waals surface area contributed by atoms with Crippen LogP contribution in [-0.2, 0) is 18.3 Å². The summed E-state index contributed by atoms with van der Waals surface area (Å²) >= 11 is 0. The predicted molar refractivity (Wildman–Crippen MR) is 106 cm³/mol. The van der Waals surface area contributed by atoms with E-state index in [-0.39, 0.29) is 5.41 Å². The number of hydrogen-bond acceptors (Lipinski definition) is 0. The maximum absolute atomic E-state index is 2.52. The molecule has 25 heavy (non-hydrogen) atoms. The molecule has 0 bridgehead atoms. The zero-order chi connectivity index (χ0) is 17.2. The molecular formula is C25H24. The lowest BCUT2D eigenvalue weighted by Gasteiger charge is -2.23. The van der Waals surface area contributed by atoms with Crippen LogP contribution in [0.15, 0.2) is 60.7 Å². The van der Waals surface area contributed by atoms with Crippen LogP contribution in [0.3, 0.4) is 0 Å². The number of hydrogen-bond donors (Lipinski definition) is 0. The molecule has 0 amide bonds. The molecule has 0 fully saturated rings. The molecule has 1 unspecified atom stereocenters. The van der Waals surface area contributed by atoms with Crippen LogP contribution in [-0.4, -0.2) is 0 Å². The van der Waals surface area contributed by atoms with Crippen LogP contribution in [0, 0.1) is 5.92 Å². The van der Waals surface area contributed by atoms with Gasteiger partial charge in [-0.05, 0) is 69.3 Å². The Labute approximate surface area is 150 Å². The summed E-state index contributed by atoms with van der Waals surface area (Å²) in [5.74, 6) is 0.687. The van der Waals surface area contributed by atoms with Crippen molar-refractivity contribution in [3.8, 4) is 22.3 Å². The molecule has 2 aliphatic carbocycles. The van der Waals surface area contributed by atoms with E-state index in [4.69, 9.17) is 0 Å². The van der Waals surface area contributed by atoms with Crippen LogP contribution in [0.2, 0.25) is 0 Å². The van der Waals surface area contributed by atoms with Crippen LogP contribution in [0.25, 0.3) is 22.3 Å². The zero-order valence-corrected chi connectivity index (χ0v) is 15.3. The predicted octanol–water partition coefficient (Wildman–Crippen LogP) is 6.39. The number of rotatable bonds is 0. The van der Waals surface area contributed by atoms with Crippen molar-refractivity contribution in [2.75, 3.05) is 0 Å². The molecule has 0 radical (unpaired) electrons. The van der Waals surface area contributed by atoms with Gasteiger partial charge in [0.1, 0.15) is 0 Å². The first-order valence-electron chi connectivity index (χ1n) is 9.41. The van der Waals surface area contributed by atoms with Gasteiger partial charge in [0, 0.05) is 5.41 Å². The fraction of sp³-hybridized carbons (Fsp3) is 0.280. The van der Waals surface area contributed by atoms with Gasteiger partial charge in [-0.2, -0.15) is 0 Å². The third-order valence-electron chi connectivity index (χ3n) is 6.25. The van der Waals surface area contributed by atoms with Gasteiger partial charge in [0.25, 0.3) is 0 Å². The molecule has 0 aliphatic heterocycles. The highest BCUT2D eigenvalue weighted by atomic mass is 14.4. The molecular weight excluding hydrogens is 300 g/mol. The molecule has 5 rings (SSSR count). The van der Waals surface area contributed by atoms with Gasteiger partial charge in [-0.15, -0.1) is 0 Å². The standard InChI is InChI=1S/C25H24/c1-16-12-17-8-4-5-9-19(17)21-15-22-20-10-6-7-11-23(20)25(2,3)24(22)14-18(21)13-16/h4-11,14-16H,12-13H2,1-3H3. The molecule has 0 saturated carbocycles. The minimum absolute atomic E-state index is 0.0933. The van der Waals surface area contributed by atoms with E-state index in [1.807, 2.05) is 0 Å². The van der Waals surface area contributed by atoms with E-state index in [0.29, 0.717) is 5.92 Å². The van der Waals surface area contributed by atoms with Crippen molar-refractivity contribution in [2.24, 2.45) is 5.92 Å². The second-order valence-corrected chi connectivity index (χ2v) is 8.40. The summed E-state index contributed by atoms with van der Waals surface area (Å²) in [6.07, 6.45) is 2.35. The van der Waals surface area contributed by atoms with Crippen LogP contribution in [0.5, 0.6) is 0 Å². The summed E-state index contributed by atoms with van der Waals surface area (Å²) in [7, 11) is 0. The molecule has 0 saturated heterocycles. The van der Waals surface area contributed by atoms with Crippen LogP contribution < -0.4 is 0 Å². The average molecular weight is 324 g/mol. The smallest absolute Gasteiger partial charge is 0.0158 e. The van der Waals surface area contributed by atoms with Gasteiger partial charge in [-0.25, -0.2) is 0 Å². The van der Waals surface area contributed by atoms with E-state index in [9.17, 15) is 0 Å². The quantitative estimate of drug-likeness (QED) is 0.449. The van der Waals surface area contributed by atoms with Gasteiger partial charge in [0.15, 0.2) is 0 Å². The summed E-state index contributed by atoms with van der Waals surface area (Å²) in [6, 6.07) is 22.9. The van der Waals surface area contributed by atoms with E-state index in [2.05, 4.69) is 81.4 Å². The van der Waals surface area contributed by atoms with Crippen molar-refractivity contribution in [2.45, 2.75) is 39.0 Å². The topological polar surface area (TPSA) is 0 Å². The Morgan fingerprint density at radius 2 is 1.36 bits per heavy atom. The van der Waals surface area contributed by atoms with Gasteiger partial charge >= 0.3 is 0 Å². The first-order chi connectivity index (χ1) is 12.1. The summed E-state index contributed by atoms with van der Waals surface area (Å²) in [6.45, 7) is 7.13.